The molecule has 2 nitrogen and oxygen atoms in total. The van der Waals surface area contributed by atoms with Gasteiger partial charge in [0.2, 0.25) is 0 Å². The van der Waals surface area contributed by atoms with E-state index in [0.29, 0.717) is 11.5 Å². The maximum Gasteiger partial charge on any atom is 0.338 e. The summed E-state index contributed by atoms with van der Waals surface area (Å²) >= 11 is 0. The van der Waals surface area contributed by atoms with Gasteiger partial charge in [-0.15, -0.1) is 0 Å². The van der Waals surface area contributed by atoms with Crippen LogP contribution in [0.3, 0.4) is 0 Å². The van der Waals surface area contributed by atoms with Crippen LogP contribution in [-0.2, 0) is 11.2 Å². The van der Waals surface area contributed by atoms with E-state index in [1.807, 2.05) is 12.1 Å². The predicted octanol–water partition coefficient (Wildman–Crippen LogP) is 7.91. The molecule has 0 radical (unpaired) electrons. The van der Waals surface area contributed by atoms with E-state index in [1.165, 1.54) is 56.9 Å². The number of hydrogen-bond donors (Lipinski definition) is 0. The molecule has 174 valence electrons. The Bertz CT molecular complexity index is 763. The highest BCUT2D eigenvalue weighted by atomic mass is 16.5. The second-order valence-corrected chi connectivity index (χ2v) is 9.87. The SMILES string of the molecule is CCCCCc1ccc(C(=O)O[C@H]2CC[C@H](C#C/C=C/[C@H]3CC[C@H](CC)CC3)CC2)cc1. The fourth-order valence-corrected chi connectivity index (χ4v) is 5.07. The average Bonchev–Trinajstić information content (AvgIpc) is 2.84. The van der Waals surface area contributed by atoms with Crippen molar-refractivity contribution in [2.75, 3.05) is 0 Å². The number of esters is 1. The summed E-state index contributed by atoms with van der Waals surface area (Å²) in [5.41, 5.74) is 1.97. The number of allylic oxidation sites excluding steroid dienone is 2. The molecule has 0 aromatic heterocycles. The molecular weight excluding hydrogens is 392 g/mol. The van der Waals surface area contributed by atoms with Gasteiger partial charge in [0.15, 0.2) is 0 Å². The van der Waals surface area contributed by atoms with Crippen LogP contribution in [0.2, 0.25) is 0 Å². The average molecular weight is 435 g/mol. The first-order chi connectivity index (χ1) is 15.7. The van der Waals surface area contributed by atoms with Gasteiger partial charge in [-0.25, -0.2) is 4.79 Å². The lowest BCUT2D eigenvalue weighted by Gasteiger charge is -2.25. The van der Waals surface area contributed by atoms with Gasteiger partial charge >= 0.3 is 5.97 Å². The van der Waals surface area contributed by atoms with Crippen LogP contribution >= 0.6 is 0 Å². The Hall–Kier alpha value is -2.01. The van der Waals surface area contributed by atoms with Gasteiger partial charge in [0, 0.05) is 5.92 Å². The van der Waals surface area contributed by atoms with Crippen molar-refractivity contribution < 1.29 is 9.53 Å². The second-order valence-electron chi connectivity index (χ2n) is 9.87. The highest BCUT2D eigenvalue weighted by Gasteiger charge is 2.23. The lowest BCUT2D eigenvalue weighted by molar-refractivity contribution is 0.0188. The van der Waals surface area contributed by atoms with E-state index in [9.17, 15) is 4.79 Å². The van der Waals surface area contributed by atoms with Crippen molar-refractivity contribution in [3.63, 3.8) is 0 Å². The molecule has 2 aliphatic carbocycles. The highest BCUT2D eigenvalue weighted by molar-refractivity contribution is 5.89. The number of carbonyl (C=O) groups is 1. The molecule has 2 aliphatic rings. The molecule has 0 heterocycles. The normalized spacial score (nSPS) is 25.8. The van der Waals surface area contributed by atoms with E-state index in [4.69, 9.17) is 4.74 Å². The van der Waals surface area contributed by atoms with Crippen LogP contribution in [0.4, 0.5) is 0 Å². The molecule has 1 aromatic carbocycles. The molecule has 3 rings (SSSR count). The summed E-state index contributed by atoms with van der Waals surface area (Å²) in [6, 6.07) is 7.98. The number of aryl methyl sites for hydroxylation is 1. The minimum absolute atomic E-state index is 0.0362. The summed E-state index contributed by atoms with van der Waals surface area (Å²) in [5, 5.41) is 0. The van der Waals surface area contributed by atoms with E-state index < -0.39 is 0 Å². The van der Waals surface area contributed by atoms with Crippen molar-refractivity contribution in [2.45, 2.75) is 103 Å². The van der Waals surface area contributed by atoms with Gasteiger partial charge in [-0.05, 0) is 99.8 Å². The third kappa shape index (κ3) is 8.16. The molecule has 2 fully saturated rings. The molecule has 0 spiro atoms. The van der Waals surface area contributed by atoms with Crippen molar-refractivity contribution in [3.05, 3.63) is 47.5 Å². The van der Waals surface area contributed by atoms with E-state index in [-0.39, 0.29) is 12.1 Å². The lowest BCUT2D eigenvalue weighted by atomic mass is 9.81. The summed E-state index contributed by atoms with van der Waals surface area (Å²) in [6.07, 6.45) is 19.9. The van der Waals surface area contributed by atoms with Crippen LogP contribution in [-0.4, -0.2) is 12.1 Å². The second kappa shape index (κ2) is 13.5. The van der Waals surface area contributed by atoms with Gasteiger partial charge < -0.3 is 4.74 Å². The fraction of sp³-hybridized carbons (Fsp3) is 0.633. The Balaban J connectivity index is 1.35. The number of rotatable bonds is 8. The number of hydrogen-bond acceptors (Lipinski definition) is 2. The summed E-state index contributed by atoms with van der Waals surface area (Å²) < 4.78 is 5.79. The zero-order valence-electron chi connectivity index (χ0n) is 20.3. The first-order valence-electron chi connectivity index (χ1n) is 13.2. The molecular formula is C30H42O2. The predicted molar refractivity (Wildman–Crippen MR) is 133 cm³/mol. The Morgan fingerprint density at radius 3 is 2.34 bits per heavy atom. The largest absolute Gasteiger partial charge is 0.459 e. The van der Waals surface area contributed by atoms with Crippen molar-refractivity contribution in [3.8, 4) is 11.8 Å². The quantitative estimate of drug-likeness (QED) is 0.236. The topological polar surface area (TPSA) is 26.3 Å². The Morgan fingerprint density at radius 2 is 1.69 bits per heavy atom. The first-order valence-corrected chi connectivity index (χ1v) is 13.2. The summed E-state index contributed by atoms with van der Waals surface area (Å²) in [4.78, 5) is 12.5. The van der Waals surface area contributed by atoms with Crippen LogP contribution in [0.15, 0.2) is 36.4 Å². The molecule has 32 heavy (non-hydrogen) atoms. The lowest BCUT2D eigenvalue weighted by Crippen LogP contribution is -2.24. The standard InChI is InChI=1S/C30H42O2/c1-3-5-6-9-26-16-20-28(21-17-26)30(31)32-29-22-18-27(19-23-29)11-8-7-10-25-14-12-24(4-2)13-15-25/h7,10,16-17,20-21,24-25,27,29H,3-6,9,12-15,18-19,22-23H2,1-2H3/b10-7+/t24-,25-,27-,29-. The summed E-state index contributed by atoms with van der Waals surface area (Å²) in [5.74, 6) is 8.67. The Morgan fingerprint density at radius 1 is 0.969 bits per heavy atom. The Labute approximate surface area is 196 Å². The molecule has 0 N–H and O–H groups in total. The van der Waals surface area contributed by atoms with E-state index >= 15 is 0 Å². The molecule has 0 amide bonds. The molecule has 0 atom stereocenters. The van der Waals surface area contributed by atoms with Crippen LogP contribution in [0.5, 0.6) is 0 Å². The maximum atomic E-state index is 12.5. The van der Waals surface area contributed by atoms with Crippen LogP contribution in [0.1, 0.15) is 107 Å². The van der Waals surface area contributed by atoms with Gasteiger partial charge in [0.05, 0.1) is 5.56 Å². The summed E-state index contributed by atoms with van der Waals surface area (Å²) in [6.45, 7) is 4.53. The first kappa shape index (κ1) is 24.6. The maximum absolute atomic E-state index is 12.5. The third-order valence-corrected chi connectivity index (χ3v) is 7.41. The number of unbranched alkanes of at least 4 members (excludes halogenated alkanes) is 2. The number of benzene rings is 1. The van der Waals surface area contributed by atoms with Gasteiger partial charge in [-0.1, -0.05) is 63.2 Å². The molecule has 2 heteroatoms. The molecule has 2 saturated carbocycles. The van der Waals surface area contributed by atoms with Crippen molar-refractivity contribution >= 4 is 5.97 Å². The van der Waals surface area contributed by atoms with Gasteiger partial charge in [0.25, 0.3) is 0 Å². The molecule has 0 unspecified atom stereocenters. The van der Waals surface area contributed by atoms with Crippen molar-refractivity contribution in [1.82, 2.24) is 0 Å². The zero-order valence-corrected chi connectivity index (χ0v) is 20.3. The third-order valence-electron chi connectivity index (χ3n) is 7.41. The minimum atomic E-state index is -0.180. The molecule has 0 aliphatic heterocycles. The molecule has 0 bridgehead atoms. The fourth-order valence-electron chi connectivity index (χ4n) is 5.07. The monoisotopic (exact) mass is 434 g/mol. The smallest absolute Gasteiger partial charge is 0.338 e. The van der Waals surface area contributed by atoms with Crippen molar-refractivity contribution in [1.29, 1.82) is 0 Å². The van der Waals surface area contributed by atoms with Gasteiger partial charge in [-0.2, -0.15) is 0 Å². The van der Waals surface area contributed by atoms with Crippen LogP contribution in [0, 0.1) is 29.6 Å². The van der Waals surface area contributed by atoms with E-state index in [2.05, 4.69) is 50.0 Å². The van der Waals surface area contributed by atoms with E-state index in [0.717, 1.165) is 43.9 Å². The Kier molecular flexibility index (Phi) is 10.4. The highest BCUT2D eigenvalue weighted by Crippen LogP contribution is 2.31. The van der Waals surface area contributed by atoms with Gasteiger partial charge in [-0.3, -0.25) is 0 Å². The molecule has 0 saturated heterocycles. The van der Waals surface area contributed by atoms with E-state index in [1.54, 1.807) is 0 Å². The van der Waals surface area contributed by atoms with Crippen molar-refractivity contribution in [2.24, 2.45) is 17.8 Å². The zero-order chi connectivity index (χ0) is 22.6. The van der Waals surface area contributed by atoms with Crippen LogP contribution < -0.4 is 0 Å². The summed E-state index contributed by atoms with van der Waals surface area (Å²) in [7, 11) is 0. The van der Waals surface area contributed by atoms with Gasteiger partial charge in [0.1, 0.15) is 6.10 Å². The minimum Gasteiger partial charge on any atom is -0.459 e. The molecule has 1 aromatic rings. The number of carbonyl (C=O) groups excluding carboxylic acids is 1. The number of ether oxygens (including phenoxy) is 1. The van der Waals surface area contributed by atoms with Crippen LogP contribution in [0.25, 0.3) is 0 Å².